The summed E-state index contributed by atoms with van der Waals surface area (Å²) in [5.41, 5.74) is 3.65. The molecule has 2 heterocycles. The molecule has 1 saturated heterocycles. The van der Waals surface area contributed by atoms with Crippen LogP contribution in [0.2, 0.25) is 0 Å². The van der Waals surface area contributed by atoms with Crippen LogP contribution >= 0.6 is 0 Å². The van der Waals surface area contributed by atoms with Gasteiger partial charge >= 0.3 is 0 Å². The number of hydrogen-bond donors (Lipinski definition) is 1. The summed E-state index contributed by atoms with van der Waals surface area (Å²) in [7, 11) is 0. The third-order valence-electron chi connectivity index (χ3n) is 4.35. The number of pyridine rings is 1. The zero-order valence-corrected chi connectivity index (χ0v) is 13.5. The van der Waals surface area contributed by atoms with Crippen LogP contribution in [0.5, 0.6) is 5.75 Å². The average Bonchev–Trinajstić information content (AvgIpc) is 2.57. The molecule has 1 N–H and O–H groups in total. The molecule has 3 rings (SSSR count). The van der Waals surface area contributed by atoms with Gasteiger partial charge in [0.05, 0.1) is 0 Å². The minimum absolute atomic E-state index is 0.0219. The van der Waals surface area contributed by atoms with E-state index in [1.54, 1.807) is 24.4 Å². The number of phenols is 1. The van der Waals surface area contributed by atoms with Gasteiger partial charge in [-0.3, -0.25) is 9.78 Å². The van der Waals surface area contributed by atoms with Crippen molar-refractivity contribution in [1.82, 2.24) is 9.88 Å². The molecular weight excluding hydrogens is 290 g/mol. The van der Waals surface area contributed by atoms with Crippen LogP contribution in [0.15, 0.2) is 36.7 Å². The first-order valence-electron chi connectivity index (χ1n) is 7.80. The highest BCUT2D eigenvalue weighted by molar-refractivity contribution is 5.95. The average molecular weight is 311 g/mol. The van der Waals surface area contributed by atoms with Crippen molar-refractivity contribution in [3.05, 3.63) is 53.3 Å². The highest BCUT2D eigenvalue weighted by Crippen LogP contribution is 2.22. The van der Waals surface area contributed by atoms with Gasteiger partial charge in [0.25, 0.3) is 5.91 Å². The number of rotatable bonds is 2. The fourth-order valence-electron chi connectivity index (χ4n) is 2.90. The third-order valence-corrected chi connectivity index (χ3v) is 4.35. The van der Waals surface area contributed by atoms with E-state index < -0.39 is 0 Å². The summed E-state index contributed by atoms with van der Waals surface area (Å²) in [5, 5.41) is 9.78. The summed E-state index contributed by atoms with van der Waals surface area (Å²) in [6, 6.07) is 7.12. The van der Waals surface area contributed by atoms with E-state index in [1.807, 2.05) is 24.1 Å². The second kappa shape index (κ2) is 6.28. The number of hydrogen-bond acceptors (Lipinski definition) is 4. The van der Waals surface area contributed by atoms with Gasteiger partial charge in [-0.1, -0.05) is 6.07 Å². The predicted octanol–water partition coefficient (Wildman–Crippen LogP) is 2.37. The molecule has 5 nitrogen and oxygen atoms in total. The normalized spacial score (nSPS) is 14.9. The Morgan fingerprint density at radius 3 is 2.48 bits per heavy atom. The lowest BCUT2D eigenvalue weighted by molar-refractivity contribution is 0.0746. The van der Waals surface area contributed by atoms with Crippen LogP contribution < -0.4 is 4.90 Å². The van der Waals surface area contributed by atoms with Crippen LogP contribution in [0.25, 0.3) is 0 Å². The quantitative estimate of drug-likeness (QED) is 0.925. The fraction of sp³-hybridized carbons (Fsp3) is 0.333. The number of nitrogens with zero attached hydrogens (tertiary/aromatic N) is 3. The Labute approximate surface area is 136 Å². The van der Waals surface area contributed by atoms with E-state index in [1.165, 1.54) is 5.69 Å². The first kappa shape index (κ1) is 15.3. The zero-order chi connectivity index (χ0) is 16.4. The minimum atomic E-state index is -0.0219. The first-order chi connectivity index (χ1) is 11.1. The number of aryl methyl sites for hydroxylation is 2. The van der Waals surface area contributed by atoms with Gasteiger partial charge in [0.2, 0.25) is 0 Å². The Hall–Kier alpha value is -2.56. The maximum absolute atomic E-state index is 12.6. The van der Waals surface area contributed by atoms with Crippen molar-refractivity contribution in [2.24, 2.45) is 0 Å². The van der Waals surface area contributed by atoms with Crippen LogP contribution in [-0.2, 0) is 0 Å². The molecule has 1 aromatic carbocycles. The van der Waals surface area contributed by atoms with Crippen molar-refractivity contribution in [3.63, 3.8) is 0 Å². The van der Waals surface area contributed by atoms with Gasteiger partial charge < -0.3 is 14.9 Å². The lowest BCUT2D eigenvalue weighted by Crippen LogP contribution is -2.49. The number of piperazine rings is 1. The van der Waals surface area contributed by atoms with Gasteiger partial charge in [-0.15, -0.1) is 0 Å². The zero-order valence-electron chi connectivity index (χ0n) is 13.5. The standard InChI is InChI=1S/C18H21N3O2/c1-13-3-4-15(11-17(13)22)18(23)21-9-7-20(8-10-21)16-5-6-19-12-14(16)2/h3-6,11-12,22H,7-10H2,1-2H3. The van der Waals surface area contributed by atoms with Gasteiger partial charge in [-0.2, -0.15) is 0 Å². The molecule has 0 atom stereocenters. The van der Waals surface area contributed by atoms with E-state index in [0.717, 1.165) is 24.2 Å². The molecule has 120 valence electrons. The van der Waals surface area contributed by atoms with E-state index in [2.05, 4.69) is 16.8 Å². The Bertz CT molecular complexity index is 722. The van der Waals surface area contributed by atoms with E-state index >= 15 is 0 Å². The molecule has 0 saturated carbocycles. The summed E-state index contributed by atoms with van der Waals surface area (Å²) < 4.78 is 0. The number of anilines is 1. The second-order valence-corrected chi connectivity index (χ2v) is 5.94. The van der Waals surface area contributed by atoms with E-state index in [4.69, 9.17) is 0 Å². The number of aromatic nitrogens is 1. The number of phenolic OH excluding ortho intramolecular Hbond substituents is 1. The lowest BCUT2D eigenvalue weighted by atomic mass is 10.1. The number of carbonyl (C=O) groups excluding carboxylic acids is 1. The van der Waals surface area contributed by atoms with Crippen molar-refractivity contribution in [3.8, 4) is 5.75 Å². The van der Waals surface area contributed by atoms with Gasteiger partial charge in [0, 0.05) is 49.8 Å². The summed E-state index contributed by atoms with van der Waals surface area (Å²) in [6.07, 6.45) is 3.66. The van der Waals surface area contributed by atoms with Crippen molar-refractivity contribution in [2.45, 2.75) is 13.8 Å². The van der Waals surface area contributed by atoms with Crippen molar-refractivity contribution in [1.29, 1.82) is 0 Å². The summed E-state index contributed by atoms with van der Waals surface area (Å²) in [5.74, 6) is 0.147. The van der Waals surface area contributed by atoms with Crippen molar-refractivity contribution in [2.75, 3.05) is 31.1 Å². The Morgan fingerprint density at radius 1 is 1.09 bits per heavy atom. The maximum atomic E-state index is 12.6. The van der Waals surface area contributed by atoms with Crippen LogP contribution in [0.4, 0.5) is 5.69 Å². The maximum Gasteiger partial charge on any atom is 0.254 e. The van der Waals surface area contributed by atoms with Crippen molar-refractivity contribution < 1.29 is 9.90 Å². The van der Waals surface area contributed by atoms with Gasteiger partial charge in [0.1, 0.15) is 5.75 Å². The number of aromatic hydroxyl groups is 1. The van der Waals surface area contributed by atoms with E-state index in [0.29, 0.717) is 18.7 Å². The molecule has 2 aromatic rings. The molecule has 0 aliphatic carbocycles. The summed E-state index contributed by atoms with van der Waals surface area (Å²) in [4.78, 5) is 20.8. The van der Waals surface area contributed by atoms with Crippen LogP contribution in [0.1, 0.15) is 21.5 Å². The van der Waals surface area contributed by atoms with E-state index in [-0.39, 0.29) is 11.7 Å². The predicted molar refractivity (Wildman–Crippen MR) is 89.9 cm³/mol. The molecule has 1 aliphatic heterocycles. The highest BCUT2D eigenvalue weighted by atomic mass is 16.3. The second-order valence-electron chi connectivity index (χ2n) is 5.94. The summed E-state index contributed by atoms with van der Waals surface area (Å²) in [6.45, 7) is 6.82. The molecule has 23 heavy (non-hydrogen) atoms. The summed E-state index contributed by atoms with van der Waals surface area (Å²) >= 11 is 0. The molecule has 0 spiro atoms. The highest BCUT2D eigenvalue weighted by Gasteiger charge is 2.23. The fourth-order valence-corrected chi connectivity index (χ4v) is 2.90. The van der Waals surface area contributed by atoms with Gasteiger partial charge in [-0.05, 0) is 43.2 Å². The third kappa shape index (κ3) is 3.13. The topological polar surface area (TPSA) is 56.7 Å². The van der Waals surface area contributed by atoms with Crippen LogP contribution in [0, 0.1) is 13.8 Å². The van der Waals surface area contributed by atoms with Gasteiger partial charge in [0.15, 0.2) is 0 Å². The minimum Gasteiger partial charge on any atom is -0.508 e. The van der Waals surface area contributed by atoms with Crippen LogP contribution in [-0.4, -0.2) is 47.1 Å². The largest absolute Gasteiger partial charge is 0.508 e. The molecule has 0 unspecified atom stereocenters. The molecule has 1 fully saturated rings. The smallest absolute Gasteiger partial charge is 0.254 e. The molecule has 1 aromatic heterocycles. The van der Waals surface area contributed by atoms with E-state index in [9.17, 15) is 9.90 Å². The SMILES string of the molecule is Cc1ccc(C(=O)N2CCN(c3ccncc3C)CC2)cc1O. The molecular formula is C18H21N3O2. The molecule has 1 aliphatic rings. The number of amides is 1. The molecule has 0 radical (unpaired) electrons. The molecule has 5 heteroatoms. The molecule has 0 bridgehead atoms. The monoisotopic (exact) mass is 311 g/mol. The Morgan fingerprint density at radius 2 is 1.83 bits per heavy atom. The van der Waals surface area contributed by atoms with Crippen LogP contribution in [0.3, 0.4) is 0 Å². The lowest BCUT2D eigenvalue weighted by Gasteiger charge is -2.36. The Balaban J connectivity index is 1.68. The molecule has 1 amide bonds. The van der Waals surface area contributed by atoms with Gasteiger partial charge in [-0.25, -0.2) is 0 Å². The van der Waals surface area contributed by atoms with Crippen molar-refractivity contribution >= 4 is 11.6 Å². The number of carbonyl (C=O) groups is 1. The number of benzene rings is 1. The first-order valence-corrected chi connectivity index (χ1v) is 7.80. The Kier molecular flexibility index (Phi) is 4.19.